The summed E-state index contributed by atoms with van der Waals surface area (Å²) < 4.78 is 12.3. The van der Waals surface area contributed by atoms with Crippen molar-refractivity contribution in [3.63, 3.8) is 0 Å². The first-order valence-electron chi connectivity index (χ1n) is 10.5. The lowest BCUT2D eigenvalue weighted by atomic mass is 10.1. The zero-order valence-electron chi connectivity index (χ0n) is 18.4. The summed E-state index contributed by atoms with van der Waals surface area (Å²) in [6, 6.07) is 28.8. The lowest BCUT2D eigenvalue weighted by Crippen LogP contribution is -2.13. The van der Waals surface area contributed by atoms with Crippen LogP contribution < -0.4 is 14.8 Å². The van der Waals surface area contributed by atoms with Gasteiger partial charge in [-0.3, -0.25) is 4.79 Å². The van der Waals surface area contributed by atoms with Crippen LogP contribution in [0.4, 0.5) is 5.69 Å². The fourth-order valence-corrected chi connectivity index (χ4v) is 3.86. The summed E-state index contributed by atoms with van der Waals surface area (Å²) in [4.78, 5) is 12.6. The minimum Gasteiger partial charge on any atom is -0.493 e. The number of methoxy groups -OCH3 is 1. The number of fused-ring (bicyclic) bond motifs is 1. The van der Waals surface area contributed by atoms with E-state index >= 15 is 0 Å². The second-order valence-electron chi connectivity index (χ2n) is 7.51. The summed E-state index contributed by atoms with van der Waals surface area (Å²) in [6.07, 6.45) is 1.52. The van der Waals surface area contributed by atoms with Crippen LogP contribution in [0.2, 0.25) is 0 Å². The van der Waals surface area contributed by atoms with E-state index in [2.05, 4.69) is 45.5 Å². The van der Waals surface area contributed by atoms with Gasteiger partial charge in [-0.15, -0.1) is 0 Å². The number of amides is 1. The number of halogens is 1. The predicted molar refractivity (Wildman–Crippen MR) is 138 cm³/mol. The molecule has 5 nitrogen and oxygen atoms in total. The highest BCUT2D eigenvalue weighted by Crippen LogP contribution is 2.30. The molecule has 0 atom stereocenters. The Morgan fingerprint density at radius 3 is 2.56 bits per heavy atom. The van der Waals surface area contributed by atoms with E-state index in [1.165, 1.54) is 11.5 Å². The average molecular weight is 513 g/mol. The van der Waals surface area contributed by atoms with Gasteiger partial charge in [0.05, 0.1) is 7.11 Å². The van der Waals surface area contributed by atoms with Gasteiger partial charge in [0.2, 0.25) is 0 Å². The van der Waals surface area contributed by atoms with E-state index in [4.69, 9.17) is 9.47 Å². The standard InChI is InChI=1S/C28H21BrN2O3/c1-33-27-15-19(13-23(17-30)28(32)31-25-8-4-7-24(29)16-25)10-12-26(27)34-18-20-9-11-21-5-2-3-6-22(21)14-20/h2-16H,18H2,1H3,(H,31,32)/b23-13-. The number of carbonyl (C=O) groups is 1. The Bertz CT molecular complexity index is 1420. The molecule has 4 aromatic carbocycles. The van der Waals surface area contributed by atoms with Gasteiger partial charge in [0.15, 0.2) is 11.5 Å². The number of anilines is 1. The Kier molecular flexibility index (Phi) is 7.26. The SMILES string of the molecule is COc1cc(/C=C(/C#N)C(=O)Nc2cccc(Br)c2)ccc1OCc1ccc2ccccc2c1. The monoisotopic (exact) mass is 512 g/mol. The zero-order chi connectivity index (χ0) is 23.9. The largest absolute Gasteiger partial charge is 0.493 e. The maximum absolute atomic E-state index is 12.6. The topological polar surface area (TPSA) is 71.3 Å². The first-order valence-corrected chi connectivity index (χ1v) is 11.3. The molecular formula is C28H21BrN2O3. The number of nitrogens with zero attached hydrogens (tertiary/aromatic N) is 1. The van der Waals surface area contributed by atoms with Crippen LogP contribution in [0.1, 0.15) is 11.1 Å². The van der Waals surface area contributed by atoms with E-state index in [9.17, 15) is 10.1 Å². The van der Waals surface area contributed by atoms with Gasteiger partial charge in [0, 0.05) is 10.2 Å². The highest BCUT2D eigenvalue weighted by molar-refractivity contribution is 9.10. The third-order valence-electron chi connectivity index (χ3n) is 5.15. The third-order valence-corrected chi connectivity index (χ3v) is 5.65. The molecule has 0 aliphatic carbocycles. The van der Waals surface area contributed by atoms with Crippen LogP contribution in [-0.2, 0) is 11.4 Å². The van der Waals surface area contributed by atoms with Gasteiger partial charge >= 0.3 is 0 Å². The van der Waals surface area contributed by atoms with Crippen LogP contribution in [0.15, 0.2) is 95.0 Å². The fraction of sp³-hybridized carbons (Fsp3) is 0.0714. The fourth-order valence-electron chi connectivity index (χ4n) is 3.46. The molecule has 1 amide bonds. The molecule has 0 aliphatic heterocycles. The van der Waals surface area contributed by atoms with Crippen molar-refractivity contribution < 1.29 is 14.3 Å². The van der Waals surface area contributed by atoms with Gasteiger partial charge < -0.3 is 14.8 Å². The minimum atomic E-state index is -0.490. The number of carbonyl (C=O) groups excluding carboxylic acids is 1. The molecule has 0 unspecified atom stereocenters. The van der Waals surface area contributed by atoms with Gasteiger partial charge in [-0.25, -0.2) is 0 Å². The van der Waals surface area contributed by atoms with Crippen molar-refractivity contribution in [2.75, 3.05) is 12.4 Å². The second kappa shape index (κ2) is 10.7. The van der Waals surface area contributed by atoms with E-state index in [0.717, 1.165) is 15.4 Å². The van der Waals surface area contributed by atoms with Crippen molar-refractivity contribution in [2.24, 2.45) is 0 Å². The molecule has 4 rings (SSSR count). The summed E-state index contributed by atoms with van der Waals surface area (Å²) in [5, 5.41) is 14.6. The van der Waals surface area contributed by atoms with Gasteiger partial charge in [-0.1, -0.05) is 64.5 Å². The molecule has 0 saturated heterocycles. The number of hydrogen-bond donors (Lipinski definition) is 1. The lowest BCUT2D eigenvalue weighted by Gasteiger charge is -2.12. The summed E-state index contributed by atoms with van der Waals surface area (Å²) in [6.45, 7) is 0.384. The summed E-state index contributed by atoms with van der Waals surface area (Å²) in [7, 11) is 1.55. The molecule has 168 valence electrons. The van der Waals surface area contributed by atoms with Crippen LogP contribution in [0.3, 0.4) is 0 Å². The number of benzene rings is 4. The van der Waals surface area contributed by atoms with E-state index in [0.29, 0.717) is 29.4 Å². The number of nitriles is 1. The lowest BCUT2D eigenvalue weighted by molar-refractivity contribution is -0.112. The van der Waals surface area contributed by atoms with Crippen LogP contribution in [0, 0.1) is 11.3 Å². The van der Waals surface area contributed by atoms with Crippen LogP contribution in [0.25, 0.3) is 16.8 Å². The van der Waals surface area contributed by atoms with Crippen molar-refractivity contribution in [1.82, 2.24) is 0 Å². The maximum atomic E-state index is 12.6. The van der Waals surface area contributed by atoms with Crippen LogP contribution in [0.5, 0.6) is 11.5 Å². The van der Waals surface area contributed by atoms with Crippen molar-refractivity contribution in [2.45, 2.75) is 6.61 Å². The van der Waals surface area contributed by atoms with E-state index in [-0.39, 0.29) is 5.57 Å². The Hall–Kier alpha value is -4.08. The van der Waals surface area contributed by atoms with E-state index in [1.54, 1.807) is 43.5 Å². The first-order chi connectivity index (χ1) is 16.6. The van der Waals surface area contributed by atoms with Crippen molar-refractivity contribution in [3.05, 3.63) is 106 Å². The van der Waals surface area contributed by atoms with Crippen molar-refractivity contribution >= 4 is 44.4 Å². The van der Waals surface area contributed by atoms with Crippen LogP contribution >= 0.6 is 15.9 Å². The molecule has 0 aliphatic rings. The Morgan fingerprint density at radius 2 is 1.79 bits per heavy atom. The van der Waals surface area contributed by atoms with E-state index in [1.807, 2.05) is 30.3 Å². The normalized spacial score (nSPS) is 11.0. The van der Waals surface area contributed by atoms with E-state index < -0.39 is 5.91 Å². The van der Waals surface area contributed by atoms with Crippen LogP contribution in [-0.4, -0.2) is 13.0 Å². The highest BCUT2D eigenvalue weighted by Gasteiger charge is 2.12. The molecule has 1 N–H and O–H groups in total. The molecule has 34 heavy (non-hydrogen) atoms. The molecular weight excluding hydrogens is 492 g/mol. The molecule has 0 heterocycles. The molecule has 0 bridgehead atoms. The average Bonchev–Trinajstić information content (AvgIpc) is 2.86. The molecule has 0 spiro atoms. The van der Waals surface area contributed by atoms with Gasteiger partial charge in [0.25, 0.3) is 5.91 Å². The van der Waals surface area contributed by atoms with Gasteiger partial charge in [-0.2, -0.15) is 5.26 Å². The molecule has 0 saturated carbocycles. The number of rotatable bonds is 7. The summed E-state index contributed by atoms with van der Waals surface area (Å²) in [5.41, 5.74) is 2.26. The number of ether oxygens (including phenoxy) is 2. The molecule has 6 heteroatoms. The Labute approximate surface area is 206 Å². The quantitative estimate of drug-likeness (QED) is 0.220. The predicted octanol–water partition coefficient (Wildman–Crippen LogP) is 6.74. The van der Waals surface area contributed by atoms with Crippen molar-refractivity contribution in [1.29, 1.82) is 5.26 Å². The summed E-state index contributed by atoms with van der Waals surface area (Å²) >= 11 is 3.36. The van der Waals surface area contributed by atoms with Gasteiger partial charge in [0.1, 0.15) is 18.2 Å². The zero-order valence-corrected chi connectivity index (χ0v) is 20.0. The van der Waals surface area contributed by atoms with Gasteiger partial charge in [-0.05, 0) is 64.4 Å². The number of nitrogens with one attached hydrogen (secondary N) is 1. The smallest absolute Gasteiger partial charge is 0.266 e. The molecule has 0 radical (unpaired) electrons. The maximum Gasteiger partial charge on any atom is 0.266 e. The molecule has 0 aromatic heterocycles. The Balaban J connectivity index is 1.49. The molecule has 0 fully saturated rings. The van der Waals surface area contributed by atoms with Crippen molar-refractivity contribution in [3.8, 4) is 17.6 Å². The first kappa shape index (κ1) is 23.1. The minimum absolute atomic E-state index is 0.0214. The second-order valence-corrected chi connectivity index (χ2v) is 8.43. The Morgan fingerprint density at radius 1 is 0.971 bits per heavy atom. The highest BCUT2D eigenvalue weighted by atomic mass is 79.9. The summed E-state index contributed by atoms with van der Waals surface area (Å²) in [5.74, 6) is 0.598. The number of hydrogen-bond acceptors (Lipinski definition) is 4. The molecule has 4 aromatic rings. The third kappa shape index (κ3) is 5.64.